The molecule has 14 aromatic rings. The molecule has 0 unspecified atom stereocenters. The van der Waals surface area contributed by atoms with Crippen LogP contribution in [0.2, 0.25) is 0 Å². The molecule has 0 radical (unpaired) electrons. The van der Waals surface area contributed by atoms with Gasteiger partial charge in [0.15, 0.2) is 30.4 Å². The number of benzene rings is 7. The molecular weight excluding hydrogens is 1370 g/mol. The van der Waals surface area contributed by atoms with Crippen molar-refractivity contribution >= 4 is 43.7 Å². The fraction of sp³-hybridized carbons (Fsp3) is 0.358. The molecule has 7 aromatic carbocycles. The predicted molar refractivity (Wildman–Crippen MR) is 479 cm³/mol. The molecule has 0 saturated heterocycles. The third kappa shape index (κ3) is 21.6. The first-order chi connectivity index (χ1) is 58.2. The van der Waals surface area contributed by atoms with Crippen molar-refractivity contribution in [3.8, 4) is 56.3 Å². The maximum Gasteiger partial charge on any atom is 0.227 e. The number of aromatic nitrogens is 6. The van der Waals surface area contributed by atoms with E-state index in [1.54, 1.807) is 12.1 Å². The lowest BCUT2D eigenvalue weighted by atomic mass is 9.87. The molecule has 7 nitrogen and oxygen atoms in total. The maximum atomic E-state index is 8.74. The van der Waals surface area contributed by atoms with Gasteiger partial charge < -0.3 is 4.42 Å². The fourth-order valence-electron chi connectivity index (χ4n) is 14.6. The molecule has 0 spiro atoms. The molecule has 0 bridgehead atoms. The van der Waals surface area contributed by atoms with Crippen LogP contribution in [0.25, 0.3) is 100 Å². The molecule has 14 rings (SSSR count). The van der Waals surface area contributed by atoms with Gasteiger partial charge in [-0.1, -0.05) is 206 Å². The van der Waals surface area contributed by atoms with E-state index in [-0.39, 0.29) is 5.92 Å². The monoisotopic (exact) mass is 1520 g/mol. The van der Waals surface area contributed by atoms with Crippen LogP contribution in [-0.4, -0.2) is 4.98 Å². The lowest BCUT2D eigenvalue weighted by Crippen LogP contribution is -2.32. The Morgan fingerprint density at radius 1 is 0.389 bits per heavy atom. The molecule has 7 heterocycles. The number of nitrogens with zero attached hydrogens (tertiary/aromatic N) is 6. The average Bonchev–Trinajstić information content (AvgIpc) is 1.55. The van der Waals surface area contributed by atoms with Gasteiger partial charge in [0.2, 0.25) is 39.7 Å². The van der Waals surface area contributed by atoms with Crippen molar-refractivity contribution in [1.82, 2.24) is 4.98 Å². The largest absolute Gasteiger partial charge is 0.437 e. The Kier molecular flexibility index (Phi) is 21.4. The quantitative estimate of drug-likeness (QED) is 0.121. The van der Waals surface area contributed by atoms with Crippen molar-refractivity contribution in [3.63, 3.8) is 0 Å². The second-order valence-corrected chi connectivity index (χ2v) is 35.0. The van der Waals surface area contributed by atoms with Crippen molar-refractivity contribution in [1.29, 1.82) is 0 Å². The first-order valence-corrected chi connectivity index (χ1v) is 39.7. The minimum absolute atomic E-state index is 0.137. The number of pyridine rings is 6. The summed E-state index contributed by atoms with van der Waals surface area (Å²) in [7, 11) is 9.91. The normalized spacial score (nSPS) is 14.2. The van der Waals surface area contributed by atoms with Crippen molar-refractivity contribution in [2.75, 3.05) is 0 Å². The van der Waals surface area contributed by atoms with Crippen LogP contribution in [0.1, 0.15) is 193 Å². The highest BCUT2D eigenvalue weighted by Gasteiger charge is 2.28. The first-order valence-electron chi connectivity index (χ1n) is 46.2. The molecule has 0 fully saturated rings. The molecule has 7 aromatic heterocycles. The van der Waals surface area contributed by atoms with E-state index < -0.39 is 60.4 Å². The smallest absolute Gasteiger partial charge is 0.227 e. The Hall–Kier alpha value is -10.2. The van der Waals surface area contributed by atoms with E-state index in [4.69, 9.17) is 27.2 Å². The highest BCUT2D eigenvalue weighted by Crippen LogP contribution is 2.43. The van der Waals surface area contributed by atoms with Gasteiger partial charge in [-0.15, -0.1) is 0 Å². The minimum atomic E-state index is -2.12. The Bertz CT molecular complexity index is 6390. The van der Waals surface area contributed by atoms with E-state index in [1.165, 1.54) is 33.2 Å². The summed E-state index contributed by atoms with van der Waals surface area (Å²) in [4.78, 5) is 4.70. The van der Waals surface area contributed by atoms with Crippen molar-refractivity contribution < 1.29 is 45.1 Å². The minimum Gasteiger partial charge on any atom is -0.437 e. The van der Waals surface area contributed by atoms with Gasteiger partial charge in [-0.2, -0.15) is 4.57 Å². The molecule has 0 aliphatic heterocycles. The molecule has 0 amide bonds. The second kappa shape index (κ2) is 35.4. The van der Waals surface area contributed by atoms with E-state index in [1.807, 2.05) is 287 Å². The van der Waals surface area contributed by atoms with Crippen molar-refractivity contribution in [3.05, 3.63) is 297 Å². The average molecular weight is 1520 g/mol. The summed E-state index contributed by atoms with van der Waals surface area (Å²) in [5, 5.41) is 5.38. The van der Waals surface area contributed by atoms with Gasteiger partial charge in [-0.05, 0) is 231 Å². The number of furan rings is 1. The lowest BCUT2D eigenvalue weighted by Gasteiger charge is -2.19. The molecule has 0 saturated carbocycles. The van der Waals surface area contributed by atoms with Crippen LogP contribution in [0, 0.1) is 89.8 Å². The molecule has 0 atom stereocenters. The van der Waals surface area contributed by atoms with Crippen LogP contribution < -0.4 is 22.8 Å². The molecule has 113 heavy (non-hydrogen) atoms. The Labute approximate surface area is 697 Å². The molecular formula is C106H131N6O+5. The van der Waals surface area contributed by atoms with Crippen LogP contribution in [0.15, 0.2) is 223 Å². The van der Waals surface area contributed by atoms with E-state index in [0.29, 0.717) is 16.8 Å². The number of fused-ring (bicyclic) bond motifs is 6. The zero-order valence-electron chi connectivity index (χ0n) is 85.5. The van der Waals surface area contributed by atoms with E-state index in [2.05, 4.69) is 130 Å². The summed E-state index contributed by atoms with van der Waals surface area (Å²) in [6.45, 7) is 41.1. The van der Waals surface area contributed by atoms with Crippen LogP contribution >= 0.6 is 0 Å². The number of aryl methyl sites for hydroxylation is 14. The summed E-state index contributed by atoms with van der Waals surface area (Å²) in [6.07, 6.45) is 0.645. The van der Waals surface area contributed by atoms with Gasteiger partial charge in [-0.25, -0.2) is 23.3 Å². The molecule has 7 heteroatoms. The number of hydrogen-bond acceptors (Lipinski definition) is 2. The summed E-state index contributed by atoms with van der Waals surface area (Å²) in [5.41, 5.74) is 23.8. The van der Waals surface area contributed by atoms with Gasteiger partial charge >= 0.3 is 0 Å². The number of rotatable bonds is 11. The summed E-state index contributed by atoms with van der Waals surface area (Å²) in [6, 6.07) is 64.5. The Morgan fingerprint density at radius 3 is 1.38 bits per heavy atom. The Morgan fingerprint density at radius 2 is 0.867 bits per heavy atom. The van der Waals surface area contributed by atoms with Crippen LogP contribution in [0.4, 0.5) is 0 Å². The summed E-state index contributed by atoms with van der Waals surface area (Å²) in [5.74, 6) is -0.137. The highest BCUT2D eigenvalue weighted by atomic mass is 16.3. The van der Waals surface area contributed by atoms with Crippen molar-refractivity contribution in [2.45, 2.75) is 191 Å². The standard InChI is InChI=1S/C31H29N2O.C20H28N.C19H26N.2C18H24N/c1-18(2)17-21-9-8-12-26-23(21)15-16-27(33(26)5)28-20(4)22-10-6-7-11-24(22)29-25-14-13-19(3)32-31(25)34-30(28)29;1-14-8-9-18(16(3)10-14)19-11-15(2)17(13-21(19)7)12-20(4,5)6;1-14-9-7-8-10-17(14)18-11-15(2)16(13-20(18)6)12-19(3,4)5;1-14-8-6-7-9-16(14)17-12-15(10-11-19(17)5)13-18(2,3)4;1-14-8-6-7-9-16(14)17-11-10-15(13-19(17)5)12-18(2,3)4/h6-16,18H,17H2,1-5H3;8-11,13H,12H2,1-7H3;7-11,13H,12H2,1-6H3;6-12H,13H2,1-5H3;6-11,13H,12H2,1-5H3/q5*+1/i17D2;1D3,12D2;12D2;13D2;12D2. The number of hydrogen-bond donors (Lipinski definition) is 0. The molecule has 0 N–H and O–H groups in total. The topological polar surface area (TPSA) is 45.4 Å². The first kappa shape index (κ1) is 68.4. The van der Waals surface area contributed by atoms with Gasteiger partial charge in [0.1, 0.15) is 35.2 Å². The summed E-state index contributed by atoms with van der Waals surface area (Å²) >= 11 is 0. The lowest BCUT2D eigenvalue weighted by molar-refractivity contribution is -0.661. The SMILES string of the molecule is [2H]C([2H])([2H])c1ccc(-c2cc(C)c(C([2H])([2H])C(C)(C)C)c[n+]2C)c(C)c1.[2H]C([2H])(c1c[n+](C)c(-c2ccccc2C)cc1C)C(C)(C)C.[2H]C([2H])(c1cc[n+](C)c(-c2ccccc2C)c1)C(C)(C)C.[2H]C([2H])(c1ccc(-c2ccccc2C)[n+](C)c1)C(C)(C)C.[2H]C([2H])(c1cccc2c1ccc(-c1c(C)c3ccccc3c3c1oc1nc(C)ccc13)[n+]2C)C(C)C. The molecule has 586 valence electrons. The zero-order valence-corrected chi connectivity index (χ0v) is 72.5. The Balaban J connectivity index is 0.000000168. The molecule has 0 aliphatic carbocycles. The maximum absolute atomic E-state index is 8.74. The third-order valence-corrected chi connectivity index (χ3v) is 19.9. The zero-order chi connectivity index (χ0) is 93.8. The van der Waals surface area contributed by atoms with Crippen molar-refractivity contribution in [2.24, 2.45) is 62.8 Å². The van der Waals surface area contributed by atoms with Gasteiger partial charge in [0, 0.05) is 121 Å². The predicted octanol–water partition coefficient (Wildman–Crippen LogP) is 24.8. The van der Waals surface area contributed by atoms with E-state index in [9.17, 15) is 0 Å². The van der Waals surface area contributed by atoms with E-state index >= 15 is 0 Å². The van der Waals surface area contributed by atoms with Crippen LogP contribution in [0.3, 0.4) is 0 Å². The van der Waals surface area contributed by atoms with E-state index in [0.717, 1.165) is 128 Å². The fourth-order valence-corrected chi connectivity index (χ4v) is 14.6. The van der Waals surface area contributed by atoms with Gasteiger partial charge in [0.05, 0.1) is 5.56 Å². The summed E-state index contributed by atoms with van der Waals surface area (Å²) < 4.78 is 125. The van der Waals surface area contributed by atoms with Crippen LogP contribution in [-0.2, 0) is 67.1 Å². The third-order valence-electron chi connectivity index (χ3n) is 19.9. The highest BCUT2D eigenvalue weighted by molar-refractivity contribution is 6.23. The molecule has 0 aliphatic rings. The van der Waals surface area contributed by atoms with Gasteiger partial charge in [0.25, 0.3) is 0 Å². The second-order valence-electron chi connectivity index (χ2n) is 35.0. The van der Waals surface area contributed by atoms with Crippen LogP contribution in [0.5, 0.6) is 0 Å². The van der Waals surface area contributed by atoms with Gasteiger partial charge in [-0.3, -0.25) is 0 Å².